The Labute approximate surface area is 167 Å². The van der Waals surface area contributed by atoms with Crippen LogP contribution in [0.1, 0.15) is 33.1 Å². The Bertz CT molecular complexity index is 882. The molecule has 0 saturated heterocycles. The highest BCUT2D eigenvalue weighted by Crippen LogP contribution is 2.26. The van der Waals surface area contributed by atoms with E-state index in [1.807, 2.05) is 13.8 Å². The number of benzene rings is 1. The summed E-state index contributed by atoms with van der Waals surface area (Å²) in [6.45, 7) is 5.48. The highest BCUT2D eigenvalue weighted by Gasteiger charge is 2.27. The SMILES string of the molecule is CCOCCCn1c(S[C@H](C)C(=O)NC2CC2)nc2cc(Cl)ccc2c1=O. The van der Waals surface area contributed by atoms with Gasteiger partial charge in [-0.3, -0.25) is 14.2 Å². The number of aromatic nitrogens is 2. The van der Waals surface area contributed by atoms with Gasteiger partial charge in [0.05, 0.1) is 16.2 Å². The average molecular weight is 410 g/mol. The van der Waals surface area contributed by atoms with E-state index in [9.17, 15) is 9.59 Å². The molecule has 0 spiro atoms. The molecule has 1 atom stereocenters. The predicted molar refractivity (Wildman–Crippen MR) is 109 cm³/mol. The fourth-order valence-corrected chi connectivity index (χ4v) is 3.80. The van der Waals surface area contributed by atoms with Gasteiger partial charge in [0.25, 0.3) is 5.56 Å². The molecule has 27 heavy (non-hydrogen) atoms. The topological polar surface area (TPSA) is 73.2 Å². The largest absolute Gasteiger partial charge is 0.382 e. The average Bonchev–Trinajstić information content (AvgIpc) is 3.44. The van der Waals surface area contributed by atoms with Crippen molar-refractivity contribution in [2.75, 3.05) is 13.2 Å². The van der Waals surface area contributed by atoms with Crippen LogP contribution in [0.3, 0.4) is 0 Å². The maximum absolute atomic E-state index is 13.0. The van der Waals surface area contributed by atoms with Gasteiger partial charge in [-0.25, -0.2) is 4.98 Å². The molecule has 0 bridgehead atoms. The van der Waals surface area contributed by atoms with Crippen molar-refractivity contribution < 1.29 is 9.53 Å². The fraction of sp³-hybridized carbons (Fsp3) is 0.526. The van der Waals surface area contributed by atoms with Gasteiger partial charge in [0.2, 0.25) is 5.91 Å². The first-order valence-electron chi connectivity index (χ1n) is 9.24. The molecule has 0 unspecified atom stereocenters. The summed E-state index contributed by atoms with van der Waals surface area (Å²) < 4.78 is 7.02. The number of carbonyl (C=O) groups is 1. The molecule has 2 aromatic rings. The quantitative estimate of drug-likeness (QED) is 0.391. The van der Waals surface area contributed by atoms with Gasteiger partial charge in [-0.15, -0.1) is 0 Å². The number of thioether (sulfide) groups is 1. The summed E-state index contributed by atoms with van der Waals surface area (Å²) in [7, 11) is 0. The Balaban J connectivity index is 1.89. The Morgan fingerprint density at radius 2 is 2.26 bits per heavy atom. The third kappa shape index (κ3) is 5.24. The summed E-state index contributed by atoms with van der Waals surface area (Å²) in [6.07, 6.45) is 2.78. The molecule has 1 aliphatic rings. The first-order valence-corrected chi connectivity index (χ1v) is 10.5. The van der Waals surface area contributed by atoms with Crippen LogP contribution in [0.4, 0.5) is 0 Å². The summed E-state index contributed by atoms with van der Waals surface area (Å²) in [5.41, 5.74) is 0.427. The minimum Gasteiger partial charge on any atom is -0.382 e. The van der Waals surface area contributed by atoms with E-state index in [-0.39, 0.29) is 16.7 Å². The Kier molecular flexibility index (Phi) is 6.78. The van der Waals surface area contributed by atoms with Crippen LogP contribution in [0.2, 0.25) is 5.02 Å². The third-order valence-electron chi connectivity index (χ3n) is 4.33. The zero-order chi connectivity index (χ0) is 19.4. The number of fused-ring (bicyclic) bond motifs is 1. The minimum atomic E-state index is -0.340. The van der Waals surface area contributed by atoms with Gasteiger partial charge in [-0.1, -0.05) is 23.4 Å². The summed E-state index contributed by atoms with van der Waals surface area (Å²) in [5, 5.41) is 4.24. The van der Waals surface area contributed by atoms with Crippen LogP contribution in [0.15, 0.2) is 28.2 Å². The lowest BCUT2D eigenvalue weighted by Crippen LogP contribution is -2.33. The van der Waals surface area contributed by atoms with Crippen LogP contribution in [-0.2, 0) is 16.1 Å². The molecule has 1 amide bonds. The lowest BCUT2D eigenvalue weighted by molar-refractivity contribution is -0.120. The van der Waals surface area contributed by atoms with Gasteiger partial charge < -0.3 is 10.1 Å². The van der Waals surface area contributed by atoms with E-state index in [0.717, 1.165) is 12.8 Å². The summed E-state index contributed by atoms with van der Waals surface area (Å²) in [5.74, 6) is -0.0243. The predicted octanol–water partition coefficient (Wildman–Crippen LogP) is 3.24. The lowest BCUT2D eigenvalue weighted by atomic mass is 10.2. The Hall–Kier alpha value is -1.57. The van der Waals surface area contributed by atoms with E-state index < -0.39 is 0 Å². The second kappa shape index (κ2) is 9.08. The van der Waals surface area contributed by atoms with Crippen LogP contribution in [-0.4, -0.2) is 40.0 Å². The van der Waals surface area contributed by atoms with Crippen molar-refractivity contribution in [2.24, 2.45) is 0 Å². The molecular weight excluding hydrogens is 386 g/mol. The van der Waals surface area contributed by atoms with Gasteiger partial charge >= 0.3 is 0 Å². The number of carbonyl (C=O) groups excluding carboxylic acids is 1. The molecule has 1 aromatic heterocycles. The number of nitrogens with one attached hydrogen (secondary N) is 1. The molecular formula is C19H24ClN3O3S. The van der Waals surface area contributed by atoms with Crippen molar-refractivity contribution in [3.05, 3.63) is 33.6 Å². The van der Waals surface area contributed by atoms with Crippen molar-refractivity contribution in [2.45, 2.75) is 56.1 Å². The fourth-order valence-electron chi connectivity index (χ4n) is 2.69. The second-order valence-corrected chi connectivity index (χ2v) is 8.35. The second-order valence-electron chi connectivity index (χ2n) is 6.61. The Morgan fingerprint density at radius 3 is 2.96 bits per heavy atom. The number of amides is 1. The van der Waals surface area contributed by atoms with Gasteiger partial charge in [-0.2, -0.15) is 0 Å². The van der Waals surface area contributed by atoms with Gasteiger partial charge in [0, 0.05) is 30.8 Å². The standard InChI is InChI=1S/C19H24ClN3O3S/c1-3-26-10-4-9-23-18(25)15-8-5-13(20)11-16(15)22-19(23)27-12(2)17(24)21-14-6-7-14/h5,8,11-12,14H,3-4,6-7,9-10H2,1-2H3,(H,21,24)/t12-/m1/s1. The Morgan fingerprint density at radius 1 is 1.48 bits per heavy atom. The smallest absolute Gasteiger partial charge is 0.262 e. The molecule has 1 aliphatic carbocycles. The molecule has 1 saturated carbocycles. The van der Waals surface area contributed by atoms with Crippen molar-refractivity contribution in [3.8, 4) is 0 Å². The minimum absolute atomic E-state index is 0.0243. The number of nitrogens with zero attached hydrogens (tertiary/aromatic N) is 2. The number of hydrogen-bond donors (Lipinski definition) is 1. The molecule has 8 heteroatoms. The molecule has 6 nitrogen and oxygen atoms in total. The van der Waals surface area contributed by atoms with E-state index in [1.54, 1.807) is 22.8 Å². The normalized spacial score (nSPS) is 15.1. The maximum atomic E-state index is 13.0. The number of ether oxygens (including phenoxy) is 1. The van der Waals surface area contributed by atoms with Crippen LogP contribution >= 0.6 is 23.4 Å². The van der Waals surface area contributed by atoms with Gasteiger partial charge in [-0.05, 0) is 51.3 Å². The van der Waals surface area contributed by atoms with Crippen molar-refractivity contribution in [1.29, 1.82) is 0 Å². The molecule has 1 fully saturated rings. The summed E-state index contributed by atoms with van der Waals surface area (Å²) in [6, 6.07) is 5.37. The number of rotatable bonds is 9. The summed E-state index contributed by atoms with van der Waals surface area (Å²) in [4.78, 5) is 29.9. The van der Waals surface area contributed by atoms with E-state index in [0.29, 0.717) is 53.3 Å². The van der Waals surface area contributed by atoms with E-state index in [4.69, 9.17) is 16.3 Å². The number of hydrogen-bond acceptors (Lipinski definition) is 5. The highest BCUT2D eigenvalue weighted by molar-refractivity contribution is 8.00. The van der Waals surface area contributed by atoms with Crippen LogP contribution < -0.4 is 10.9 Å². The summed E-state index contributed by atoms with van der Waals surface area (Å²) >= 11 is 7.37. The number of halogens is 1. The third-order valence-corrected chi connectivity index (χ3v) is 5.66. The molecule has 1 N–H and O–H groups in total. The van der Waals surface area contributed by atoms with Crippen molar-refractivity contribution in [1.82, 2.24) is 14.9 Å². The highest BCUT2D eigenvalue weighted by atomic mass is 35.5. The van der Waals surface area contributed by atoms with Crippen LogP contribution in [0, 0.1) is 0 Å². The van der Waals surface area contributed by atoms with Crippen molar-refractivity contribution >= 4 is 40.2 Å². The zero-order valence-corrected chi connectivity index (χ0v) is 17.1. The van der Waals surface area contributed by atoms with Gasteiger partial charge in [0.1, 0.15) is 0 Å². The molecule has 0 aliphatic heterocycles. The molecule has 146 valence electrons. The first kappa shape index (κ1) is 20.2. The molecule has 3 rings (SSSR count). The van der Waals surface area contributed by atoms with E-state index in [1.165, 1.54) is 11.8 Å². The van der Waals surface area contributed by atoms with Gasteiger partial charge in [0.15, 0.2) is 5.16 Å². The van der Waals surface area contributed by atoms with Crippen molar-refractivity contribution in [3.63, 3.8) is 0 Å². The maximum Gasteiger partial charge on any atom is 0.262 e. The first-order chi connectivity index (χ1) is 13.0. The van der Waals surface area contributed by atoms with Crippen LogP contribution in [0.5, 0.6) is 0 Å². The van der Waals surface area contributed by atoms with Crippen LogP contribution in [0.25, 0.3) is 10.9 Å². The molecule has 1 heterocycles. The molecule has 1 aromatic carbocycles. The van der Waals surface area contributed by atoms with E-state index >= 15 is 0 Å². The zero-order valence-electron chi connectivity index (χ0n) is 15.5. The monoisotopic (exact) mass is 409 g/mol. The molecule has 0 radical (unpaired) electrons. The van der Waals surface area contributed by atoms with E-state index in [2.05, 4.69) is 10.3 Å². The lowest BCUT2D eigenvalue weighted by Gasteiger charge is -2.16.